The fourth-order valence-electron chi connectivity index (χ4n) is 1.89. The number of halogens is 2. The molecule has 4 atom stereocenters. The highest BCUT2D eigenvalue weighted by molar-refractivity contribution is 9.09. The third kappa shape index (κ3) is 8.62. The van der Waals surface area contributed by atoms with Gasteiger partial charge in [-0.2, -0.15) is 0 Å². The van der Waals surface area contributed by atoms with Crippen molar-refractivity contribution in [1.29, 1.82) is 0 Å². The van der Waals surface area contributed by atoms with Crippen LogP contribution in [0.3, 0.4) is 0 Å². The van der Waals surface area contributed by atoms with E-state index >= 15 is 0 Å². The predicted octanol–water partition coefficient (Wildman–Crippen LogP) is 1.50. The molecule has 0 N–H and O–H groups in total. The average Bonchev–Trinajstić information content (AvgIpc) is 2.45. The summed E-state index contributed by atoms with van der Waals surface area (Å²) in [7, 11) is 0. The van der Waals surface area contributed by atoms with Gasteiger partial charge in [0.2, 0.25) is 0 Å². The van der Waals surface area contributed by atoms with Crippen LogP contribution in [0.2, 0.25) is 0 Å². The Morgan fingerprint density at radius 2 is 0.875 bits per heavy atom. The summed E-state index contributed by atoms with van der Waals surface area (Å²) in [5.41, 5.74) is 0. The molecule has 0 saturated carbocycles. The normalized spacial score (nSPS) is 15.4. The fraction of sp³-hybridized carbons (Fsp3) is 0.714. The van der Waals surface area contributed by atoms with E-state index in [1.54, 1.807) is 0 Å². The van der Waals surface area contributed by atoms with Gasteiger partial charge in [0.15, 0.2) is 24.4 Å². The smallest absolute Gasteiger partial charge is 0.303 e. The van der Waals surface area contributed by atoms with Crippen molar-refractivity contribution >= 4 is 55.7 Å². The Labute approximate surface area is 156 Å². The largest absolute Gasteiger partial charge is 0.458 e. The standard InChI is InChI=1S/C14H20Br2O8/c1-7(17)21-11(5-15)13(23-9(3)19)14(24-10(4)20)12(6-16)22-8(2)18/h11-14H,5-6H2,1-4H3/t11-,12-,13-,14-/m1/s1. The summed E-state index contributed by atoms with van der Waals surface area (Å²) in [5.74, 6) is -2.57. The lowest BCUT2D eigenvalue weighted by Gasteiger charge is -2.34. The molecule has 0 aromatic carbocycles. The molecule has 0 fully saturated rings. The molecule has 0 rings (SSSR count). The van der Waals surface area contributed by atoms with Gasteiger partial charge in [-0.1, -0.05) is 31.9 Å². The number of hydrogen-bond acceptors (Lipinski definition) is 8. The predicted molar refractivity (Wildman–Crippen MR) is 89.8 cm³/mol. The number of carbonyl (C=O) groups excluding carboxylic acids is 4. The highest BCUT2D eigenvalue weighted by Crippen LogP contribution is 2.21. The molecule has 0 aromatic rings. The van der Waals surface area contributed by atoms with Crippen LogP contribution in [0.4, 0.5) is 0 Å². The van der Waals surface area contributed by atoms with Crippen LogP contribution in [0.15, 0.2) is 0 Å². The van der Waals surface area contributed by atoms with Gasteiger partial charge in [0.05, 0.1) is 0 Å². The zero-order valence-electron chi connectivity index (χ0n) is 13.7. The second-order valence-electron chi connectivity index (χ2n) is 4.75. The third-order valence-electron chi connectivity index (χ3n) is 2.60. The van der Waals surface area contributed by atoms with Crippen LogP contribution < -0.4 is 0 Å². The van der Waals surface area contributed by atoms with Gasteiger partial charge in [0, 0.05) is 38.4 Å². The zero-order valence-corrected chi connectivity index (χ0v) is 16.9. The first-order valence-electron chi connectivity index (χ1n) is 6.93. The maximum Gasteiger partial charge on any atom is 0.303 e. The Bertz CT molecular complexity index is 426. The van der Waals surface area contributed by atoms with Gasteiger partial charge in [-0.25, -0.2) is 0 Å². The van der Waals surface area contributed by atoms with Crippen molar-refractivity contribution in [1.82, 2.24) is 0 Å². The molecule has 0 aliphatic heterocycles. The first-order chi connectivity index (χ1) is 11.1. The lowest BCUT2D eigenvalue weighted by atomic mass is 10.0. The molecule has 0 amide bonds. The maximum absolute atomic E-state index is 11.4. The maximum atomic E-state index is 11.4. The minimum absolute atomic E-state index is 0.109. The number of hydrogen-bond donors (Lipinski definition) is 0. The summed E-state index contributed by atoms with van der Waals surface area (Å²) in [4.78, 5) is 45.5. The Balaban J connectivity index is 5.74. The molecule has 0 spiro atoms. The summed E-state index contributed by atoms with van der Waals surface area (Å²) in [6, 6.07) is 0. The molecular weight excluding hydrogens is 456 g/mol. The molecule has 8 nitrogen and oxygen atoms in total. The average molecular weight is 476 g/mol. The Kier molecular flexibility index (Phi) is 10.9. The van der Waals surface area contributed by atoms with Crippen molar-refractivity contribution in [3.8, 4) is 0 Å². The molecule has 0 aromatic heterocycles. The number of alkyl halides is 2. The molecule has 0 aliphatic rings. The van der Waals surface area contributed by atoms with Crippen molar-refractivity contribution < 1.29 is 38.1 Å². The molecule has 138 valence electrons. The minimum atomic E-state index is -1.17. The van der Waals surface area contributed by atoms with E-state index in [1.807, 2.05) is 0 Å². The van der Waals surface area contributed by atoms with E-state index in [1.165, 1.54) is 13.8 Å². The molecule has 10 heteroatoms. The first-order valence-corrected chi connectivity index (χ1v) is 9.17. The van der Waals surface area contributed by atoms with Crippen LogP contribution in [0.1, 0.15) is 27.7 Å². The van der Waals surface area contributed by atoms with E-state index in [0.717, 1.165) is 13.8 Å². The van der Waals surface area contributed by atoms with Crippen molar-refractivity contribution in [3.63, 3.8) is 0 Å². The van der Waals surface area contributed by atoms with Crippen molar-refractivity contribution in [3.05, 3.63) is 0 Å². The van der Waals surface area contributed by atoms with Gasteiger partial charge >= 0.3 is 23.9 Å². The molecule has 24 heavy (non-hydrogen) atoms. The van der Waals surface area contributed by atoms with Crippen LogP contribution in [-0.2, 0) is 38.1 Å². The summed E-state index contributed by atoms with van der Waals surface area (Å²) in [6.45, 7) is 4.70. The van der Waals surface area contributed by atoms with Crippen LogP contribution in [-0.4, -0.2) is 59.0 Å². The number of ether oxygens (including phenoxy) is 4. The molecule has 0 heterocycles. The van der Waals surface area contributed by atoms with Crippen molar-refractivity contribution in [2.75, 3.05) is 10.7 Å². The van der Waals surface area contributed by atoms with Crippen molar-refractivity contribution in [2.24, 2.45) is 0 Å². The monoisotopic (exact) mass is 474 g/mol. The highest BCUT2D eigenvalue weighted by Gasteiger charge is 2.42. The summed E-state index contributed by atoms with van der Waals surface area (Å²) in [6.07, 6.45) is -4.24. The Hall–Kier alpha value is -1.16. The first kappa shape index (κ1) is 22.8. The Morgan fingerprint density at radius 3 is 1.04 bits per heavy atom. The van der Waals surface area contributed by atoms with Crippen LogP contribution >= 0.6 is 31.9 Å². The number of carbonyl (C=O) groups is 4. The second-order valence-corrected chi connectivity index (χ2v) is 6.05. The van der Waals surface area contributed by atoms with Crippen molar-refractivity contribution in [2.45, 2.75) is 52.1 Å². The van der Waals surface area contributed by atoms with Crippen LogP contribution in [0.5, 0.6) is 0 Å². The minimum Gasteiger partial charge on any atom is -0.458 e. The topological polar surface area (TPSA) is 105 Å². The van der Waals surface area contributed by atoms with E-state index in [9.17, 15) is 19.2 Å². The lowest BCUT2D eigenvalue weighted by Crippen LogP contribution is -2.52. The van der Waals surface area contributed by atoms with E-state index in [-0.39, 0.29) is 10.7 Å². The summed E-state index contributed by atoms with van der Waals surface area (Å²) < 4.78 is 20.6. The Morgan fingerprint density at radius 1 is 0.625 bits per heavy atom. The highest BCUT2D eigenvalue weighted by atomic mass is 79.9. The van der Waals surface area contributed by atoms with Gasteiger partial charge < -0.3 is 18.9 Å². The van der Waals surface area contributed by atoms with Gasteiger partial charge in [-0.05, 0) is 0 Å². The number of esters is 4. The fourth-order valence-corrected chi connectivity index (χ4v) is 2.89. The molecule has 0 saturated heterocycles. The quantitative estimate of drug-likeness (QED) is 0.280. The van der Waals surface area contributed by atoms with E-state index in [2.05, 4.69) is 31.9 Å². The van der Waals surface area contributed by atoms with E-state index < -0.39 is 48.3 Å². The molecule has 0 aliphatic carbocycles. The van der Waals surface area contributed by atoms with Crippen LogP contribution in [0, 0.1) is 0 Å². The summed E-state index contributed by atoms with van der Waals surface area (Å²) >= 11 is 6.33. The van der Waals surface area contributed by atoms with Gasteiger partial charge in [-0.3, -0.25) is 19.2 Å². The SMILES string of the molecule is CC(=O)O[C@@H]([C@H](OC(C)=O)[C@@H](CBr)OC(C)=O)[C@@H](CBr)OC(C)=O. The van der Waals surface area contributed by atoms with Crippen LogP contribution in [0.25, 0.3) is 0 Å². The van der Waals surface area contributed by atoms with Gasteiger partial charge in [0.1, 0.15) is 0 Å². The third-order valence-corrected chi connectivity index (χ3v) is 3.88. The van der Waals surface area contributed by atoms with E-state index in [4.69, 9.17) is 18.9 Å². The number of rotatable bonds is 9. The molecule has 0 bridgehead atoms. The van der Waals surface area contributed by atoms with E-state index in [0.29, 0.717) is 0 Å². The lowest BCUT2D eigenvalue weighted by molar-refractivity contribution is -0.194. The van der Waals surface area contributed by atoms with Gasteiger partial charge in [0.25, 0.3) is 0 Å². The second kappa shape index (κ2) is 11.4. The molecule has 0 unspecified atom stereocenters. The van der Waals surface area contributed by atoms with Gasteiger partial charge in [-0.15, -0.1) is 0 Å². The molecule has 0 radical (unpaired) electrons. The zero-order chi connectivity index (χ0) is 18.9. The molecular formula is C14H20Br2O8. The summed E-state index contributed by atoms with van der Waals surface area (Å²) in [5, 5.41) is 0.217.